The van der Waals surface area contributed by atoms with Gasteiger partial charge in [-0.3, -0.25) is 14.5 Å². The summed E-state index contributed by atoms with van der Waals surface area (Å²) < 4.78 is 0. The maximum atomic E-state index is 14.3. The van der Waals surface area contributed by atoms with Gasteiger partial charge < -0.3 is 31.1 Å². The third-order valence-corrected chi connectivity index (χ3v) is 9.54. The van der Waals surface area contributed by atoms with Crippen LogP contribution in [0.2, 0.25) is 0 Å². The number of carbonyl (C=O) groups excluding carboxylic acids is 2. The SMILES string of the molecule is CC(C)CN1CCC(c2ccc(O)c3c2CC2C[C@@H]4C(C(=O)C2=C3O)/C(=C\CO)C(C(N)=O)=C(O)[C@H]4N(C)C)CC1. The molecule has 41 heavy (non-hydrogen) atoms. The van der Waals surface area contributed by atoms with E-state index in [1.165, 1.54) is 6.08 Å². The number of Topliss-reactive ketones (excluding diaryl/α,β-unsaturated/α-hetero) is 1. The second-order valence-electron chi connectivity index (χ2n) is 12.8. The Bertz CT molecular complexity index is 1330. The van der Waals surface area contributed by atoms with Crippen LogP contribution in [0.1, 0.15) is 55.7 Å². The number of hydrogen-bond acceptors (Lipinski definition) is 8. The van der Waals surface area contributed by atoms with Gasteiger partial charge in [0.1, 0.15) is 17.3 Å². The molecule has 1 aliphatic heterocycles. The van der Waals surface area contributed by atoms with E-state index >= 15 is 0 Å². The molecule has 0 bridgehead atoms. The zero-order valence-electron chi connectivity index (χ0n) is 24.4. The summed E-state index contributed by atoms with van der Waals surface area (Å²) in [6.07, 6.45) is 4.29. The second kappa shape index (κ2) is 11.3. The molecule has 4 aliphatic rings. The minimum atomic E-state index is -0.878. The highest BCUT2D eigenvalue weighted by atomic mass is 16.3. The molecule has 9 nitrogen and oxygen atoms in total. The predicted molar refractivity (Wildman–Crippen MR) is 156 cm³/mol. The van der Waals surface area contributed by atoms with Crippen molar-refractivity contribution in [3.8, 4) is 5.75 Å². The summed E-state index contributed by atoms with van der Waals surface area (Å²) >= 11 is 0. The Morgan fingerprint density at radius 3 is 2.41 bits per heavy atom. The number of nitrogens with two attached hydrogens (primary N) is 1. The van der Waals surface area contributed by atoms with Crippen molar-refractivity contribution in [3.05, 3.63) is 57.4 Å². The van der Waals surface area contributed by atoms with Gasteiger partial charge >= 0.3 is 0 Å². The van der Waals surface area contributed by atoms with Gasteiger partial charge in [0.2, 0.25) is 0 Å². The quantitative estimate of drug-likeness (QED) is 0.354. The molecule has 1 heterocycles. The van der Waals surface area contributed by atoms with E-state index in [4.69, 9.17) is 5.73 Å². The van der Waals surface area contributed by atoms with Crippen LogP contribution in [0, 0.1) is 23.7 Å². The molecule has 3 aliphatic carbocycles. The summed E-state index contributed by atoms with van der Waals surface area (Å²) in [7, 11) is 3.56. The van der Waals surface area contributed by atoms with Gasteiger partial charge in [-0.05, 0) is 99.3 Å². The molecule has 0 aromatic heterocycles. The van der Waals surface area contributed by atoms with Crippen molar-refractivity contribution in [2.24, 2.45) is 29.4 Å². The van der Waals surface area contributed by atoms with E-state index in [0.717, 1.165) is 43.6 Å². The van der Waals surface area contributed by atoms with Gasteiger partial charge in [-0.15, -0.1) is 0 Å². The minimum absolute atomic E-state index is 0.0596. The lowest BCUT2D eigenvalue weighted by Gasteiger charge is -2.48. The number of aliphatic hydroxyl groups is 3. The first-order valence-corrected chi connectivity index (χ1v) is 14.7. The number of piperidine rings is 1. The maximum Gasteiger partial charge on any atom is 0.252 e. The highest BCUT2D eigenvalue weighted by molar-refractivity contribution is 6.10. The van der Waals surface area contributed by atoms with Gasteiger partial charge in [-0.2, -0.15) is 0 Å². The van der Waals surface area contributed by atoms with Crippen LogP contribution in [0.25, 0.3) is 5.76 Å². The lowest BCUT2D eigenvalue weighted by molar-refractivity contribution is -0.123. The third kappa shape index (κ3) is 4.98. The molecular weight excluding hydrogens is 522 g/mol. The van der Waals surface area contributed by atoms with Crippen LogP contribution in [0.4, 0.5) is 0 Å². The Kier molecular flexibility index (Phi) is 8.07. The number of rotatable bonds is 6. The van der Waals surface area contributed by atoms with Crippen molar-refractivity contribution in [3.63, 3.8) is 0 Å². The van der Waals surface area contributed by atoms with Crippen LogP contribution in [0.5, 0.6) is 5.75 Å². The number of fused-ring (bicyclic) bond motifs is 3. The van der Waals surface area contributed by atoms with E-state index < -0.39 is 30.4 Å². The van der Waals surface area contributed by atoms with Crippen molar-refractivity contribution in [2.75, 3.05) is 40.3 Å². The Labute approximate surface area is 241 Å². The third-order valence-electron chi connectivity index (χ3n) is 9.54. The molecule has 6 N–H and O–H groups in total. The number of phenolic OH excluding ortho intramolecular Hbond substituents is 1. The van der Waals surface area contributed by atoms with E-state index in [-0.39, 0.29) is 45.7 Å². The number of phenols is 1. The van der Waals surface area contributed by atoms with Crippen molar-refractivity contribution < 1.29 is 30.0 Å². The molecule has 4 atom stereocenters. The summed E-state index contributed by atoms with van der Waals surface area (Å²) in [5, 5.41) is 43.6. The fraction of sp³-hybridized carbons (Fsp3) is 0.562. The summed E-state index contributed by atoms with van der Waals surface area (Å²) in [5.74, 6) is -2.41. The highest BCUT2D eigenvalue weighted by Gasteiger charge is 2.54. The van der Waals surface area contributed by atoms with E-state index in [9.17, 15) is 30.0 Å². The first-order valence-electron chi connectivity index (χ1n) is 14.7. The molecule has 1 aromatic rings. The number of hydrogen-bond donors (Lipinski definition) is 5. The topological polar surface area (TPSA) is 148 Å². The van der Waals surface area contributed by atoms with E-state index in [1.807, 2.05) is 6.07 Å². The van der Waals surface area contributed by atoms with Gasteiger partial charge in [0.15, 0.2) is 5.78 Å². The first kappa shape index (κ1) is 29.4. The number of nitrogens with zero attached hydrogens (tertiary/aromatic N) is 2. The van der Waals surface area contributed by atoms with Crippen molar-refractivity contribution in [1.29, 1.82) is 0 Å². The van der Waals surface area contributed by atoms with Gasteiger partial charge in [0.05, 0.1) is 29.7 Å². The van der Waals surface area contributed by atoms with Crippen LogP contribution in [0.15, 0.2) is 40.7 Å². The summed E-state index contributed by atoms with van der Waals surface area (Å²) in [4.78, 5) is 31.0. The number of ketones is 1. The van der Waals surface area contributed by atoms with Gasteiger partial charge in [-0.1, -0.05) is 26.0 Å². The number of aliphatic hydroxyl groups excluding tert-OH is 3. The fourth-order valence-electron chi connectivity index (χ4n) is 8.04. The summed E-state index contributed by atoms with van der Waals surface area (Å²) in [6.45, 7) is 7.07. The lowest BCUT2D eigenvalue weighted by atomic mass is 9.58. The zero-order valence-corrected chi connectivity index (χ0v) is 24.4. The molecule has 0 spiro atoms. The highest BCUT2D eigenvalue weighted by Crippen LogP contribution is 2.53. The Morgan fingerprint density at radius 2 is 1.83 bits per heavy atom. The normalized spacial score (nSPS) is 28.4. The molecule has 5 rings (SSSR count). The number of allylic oxidation sites excluding steroid dienone is 1. The molecule has 1 saturated carbocycles. The van der Waals surface area contributed by atoms with Gasteiger partial charge in [0.25, 0.3) is 5.91 Å². The van der Waals surface area contributed by atoms with Crippen LogP contribution in [-0.4, -0.2) is 88.3 Å². The first-order chi connectivity index (χ1) is 19.5. The summed E-state index contributed by atoms with van der Waals surface area (Å²) in [6, 6.07) is 2.95. The zero-order chi connectivity index (χ0) is 29.7. The average Bonchev–Trinajstić information content (AvgIpc) is 2.88. The fourth-order valence-corrected chi connectivity index (χ4v) is 8.04. The number of primary amides is 1. The Balaban J connectivity index is 1.58. The van der Waals surface area contributed by atoms with Crippen molar-refractivity contribution in [1.82, 2.24) is 9.80 Å². The number of aromatic hydroxyl groups is 1. The number of carbonyl (C=O) groups is 2. The van der Waals surface area contributed by atoms with Crippen LogP contribution < -0.4 is 5.73 Å². The predicted octanol–water partition coefficient (Wildman–Crippen LogP) is 3.03. The largest absolute Gasteiger partial charge is 0.510 e. The molecule has 1 amide bonds. The standard InChI is InChI=1S/C32H43N3O6/c1-16(2)15-35-10-7-17(8-11-35)19-5-6-23(37)26-21(19)13-18-14-22-25(29(38)24(18)30(26)39)20(9-12-36)27(32(33)41)31(40)28(22)34(3)4/h5-6,9,16-18,22,25,28,36-37,39-40H,7-8,10-15H2,1-4H3,(H2,33,41)/b20-9+/t18?,22-,25?,28+/m1/s1. The van der Waals surface area contributed by atoms with Crippen molar-refractivity contribution in [2.45, 2.75) is 51.5 Å². The molecule has 1 aromatic carbocycles. The molecular formula is C32H43N3O6. The Hall–Kier alpha value is -3.14. The molecule has 1 saturated heterocycles. The number of amides is 1. The smallest absolute Gasteiger partial charge is 0.252 e. The molecule has 2 fully saturated rings. The van der Waals surface area contributed by atoms with Gasteiger partial charge in [-0.25, -0.2) is 0 Å². The van der Waals surface area contributed by atoms with Crippen LogP contribution in [0.3, 0.4) is 0 Å². The van der Waals surface area contributed by atoms with Crippen molar-refractivity contribution >= 4 is 17.4 Å². The monoisotopic (exact) mass is 565 g/mol. The maximum absolute atomic E-state index is 14.3. The number of likely N-dealkylation sites (tertiary alicyclic amines) is 1. The summed E-state index contributed by atoms with van der Waals surface area (Å²) in [5.41, 5.74) is 8.28. The lowest BCUT2D eigenvalue weighted by Crippen LogP contribution is -2.53. The second-order valence-corrected chi connectivity index (χ2v) is 12.8. The minimum Gasteiger partial charge on any atom is -0.510 e. The number of likely N-dealkylation sites (N-methyl/N-ethyl adjacent to an activating group) is 1. The molecule has 222 valence electrons. The van der Waals surface area contributed by atoms with E-state index in [1.54, 1.807) is 25.1 Å². The molecule has 2 unspecified atom stereocenters. The molecule has 0 radical (unpaired) electrons. The number of benzene rings is 1. The van der Waals surface area contributed by atoms with E-state index in [2.05, 4.69) is 18.7 Å². The van der Waals surface area contributed by atoms with Crippen LogP contribution >= 0.6 is 0 Å². The van der Waals surface area contributed by atoms with E-state index in [0.29, 0.717) is 30.2 Å². The van der Waals surface area contributed by atoms with Crippen LogP contribution in [-0.2, 0) is 16.0 Å². The average molecular weight is 566 g/mol. The van der Waals surface area contributed by atoms with Gasteiger partial charge in [0, 0.05) is 12.1 Å². The Morgan fingerprint density at radius 1 is 1.15 bits per heavy atom. The molecule has 9 heteroatoms.